The number of benzene rings is 1. The number of tetrazole rings is 1. The van der Waals surface area contributed by atoms with Gasteiger partial charge in [0.15, 0.2) is 0 Å². The first-order valence-corrected chi connectivity index (χ1v) is 10.3. The molecule has 0 spiro atoms. The molecule has 162 valence electrons. The fourth-order valence-corrected chi connectivity index (χ4v) is 3.69. The van der Waals surface area contributed by atoms with E-state index < -0.39 is 0 Å². The predicted octanol–water partition coefficient (Wildman–Crippen LogP) is 2.83. The Morgan fingerprint density at radius 1 is 1.19 bits per heavy atom. The molecule has 4 heterocycles. The summed E-state index contributed by atoms with van der Waals surface area (Å²) in [6.07, 6.45) is 4.71. The summed E-state index contributed by atoms with van der Waals surface area (Å²) in [6, 6.07) is 11.1. The van der Waals surface area contributed by atoms with Gasteiger partial charge in [-0.25, -0.2) is 9.48 Å². The highest BCUT2D eigenvalue weighted by Crippen LogP contribution is 2.29. The number of rotatable bonds is 4. The predicted molar refractivity (Wildman–Crippen MR) is 114 cm³/mol. The van der Waals surface area contributed by atoms with Crippen molar-refractivity contribution in [3.8, 4) is 17.2 Å². The quantitative estimate of drug-likeness (QED) is 0.522. The maximum Gasteiger partial charge on any atom is 0.321 e. The molecule has 11 nitrogen and oxygen atoms in total. The molecule has 0 aliphatic carbocycles. The highest BCUT2D eigenvalue weighted by atomic mass is 16.5. The second kappa shape index (κ2) is 8.53. The van der Waals surface area contributed by atoms with Crippen molar-refractivity contribution in [1.29, 1.82) is 0 Å². The molecule has 0 radical (unpaired) electrons. The molecule has 0 saturated carbocycles. The van der Waals surface area contributed by atoms with E-state index in [4.69, 9.17) is 4.52 Å². The second-order valence-corrected chi connectivity index (χ2v) is 7.62. The van der Waals surface area contributed by atoms with Crippen LogP contribution < -0.4 is 5.32 Å². The van der Waals surface area contributed by atoms with Gasteiger partial charge in [-0.1, -0.05) is 17.3 Å². The Morgan fingerprint density at radius 2 is 2.06 bits per heavy atom. The van der Waals surface area contributed by atoms with Gasteiger partial charge in [-0.15, -0.1) is 5.10 Å². The topological polar surface area (TPSA) is 128 Å². The summed E-state index contributed by atoms with van der Waals surface area (Å²) in [5, 5.41) is 18.3. The number of pyridine rings is 1. The van der Waals surface area contributed by atoms with Gasteiger partial charge in [0.2, 0.25) is 11.7 Å². The van der Waals surface area contributed by atoms with Crippen LogP contribution in [-0.2, 0) is 0 Å². The molecule has 1 aliphatic heterocycles. The van der Waals surface area contributed by atoms with Crippen molar-refractivity contribution in [2.75, 3.05) is 18.4 Å². The van der Waals surface area contributed by atoms with Crippen LogP contribution in [0.15, 0.2) is 53.4 Å². The number of amides is 2. The zero-order valence-electron chi connectivity index (χ0n) is 17.4. The third-order valence-corrected chi connectivity index (χ3v) is 5.54. The van der Waals surface area contributed by atoms with Crippen LogP contribution in [0.1, 0.15) is 30.2 Å². The highest BCUT2D eigenvalue weighted by molar-refractivity contribution is 5.90. The van der Waals surface area contributed by atoms with E-state index in [1.165, 1.54) is 6.33 Å². The number of hydrogen-bond donors (Lipinski definition) is 1. The molecule has 0 bridgehead atoms. The maximum absolute atomic E-state index is 12.9. The Balaban J connectivity index is 1.21. The Bertz CT molecular complexity index is 1200. The van der Waals surface area contributed by atoms with E-state index >= 15 is 0 Å². The molecule has 1 aliphatic rings. The van der Waals surface area contributed by atoms with E-state index in [-0.39, 0.29) is 11.9 Å². The summed E-state index contributed by atoms with van der Waals surface area (Å²) < 4.78 is 7.02. The fraction of sp³-hybridized carbons (Fsp3) is 0.286. The average molecular weight is 431 g/mol. The third-order valence-electron chi connectivity index (χ3n) is 5.54. The summed E-state index contributed by atoms with van der Waals surface area (Å²) in [5.74, 6) is 1.20. The van der Waals surface area contributed by atoms with E-state index in [0.717, 1.165) is 29.8 Å². The average Bonchev–Trinajstić information content (AvgIpc) is 3.54. The number of anilines is 1. The largest absolute Gasteiger partial charge is 0.339 e. The van der Waals surface area contributed by atoms with Crippen molar-refractivity contribution in [3.63, 3.8) is 0 Å². The number of piperidine rings is 1. The van der Waals surface area contributed by atoms with Gasteiger partial charge in [0, 0.05) is 30.9 Å². The normalized spacial score (nSPS) is 14.5. The van der Waals surface area contributed by atoms with Crippen molar-refractivity contribution < 1.29 is 9.32 Å². The molecular formula is C21H21N9O2. The Morgan fingerprint density at radius 3 is 2.81 bits per heavy atom. The first-order chi connectivity index (χ1) is 15.7. The van der Waals surface area contributed by atoms with Gasteiger partial charge in [0.1, 0.15) is 12.0 Å². The number of nitrogens with one attached hydrogen (secondary N) is 1. The molecule has 1 aromatic carbocycles. The van der Waals surface area contributed by atoms with Crippen LogP contribution in [0.4, 0.5) is 10.5 Å². The van der Waals surface area contributed by atoms with Crippen molar-refractivity contribution in [2.45, 2.75) is 25.7 Å². The van der Waals surface area contributed by atoms with E-state index in [9.17, 15) is 4.79 Å². The zero-order chi connectivity index (χ0) is 21.9. The Labute approximate surface area is 183 Å². The van der Waals surface area contributed by atoms with E-state index in [1.54, 1.807) is 15.8 Å². The van der Waals surface area contributed by atoms with Crippen molar-refractivity contribution in [1.82, 2.24) is 40.2 Å². The van der Waals surface area contributed by atoms with Crippen molar-refractivity contribution >= 4 is 11.7 Å². The molecule has 1 N–H and O–H groups in total. The number of aromatic nitrogens is 7. The lowest BCUT2D eigenvalue weighted by Crippen LogP contribution is -2.40. The molecule has 3 aromatic heterocycles. The molecule has 11 heteroatoms. The number of hydrogen-bond acceptors (Lipinski definition) is 8. The van der Waals surface area contributed by atoms with Crippen LogP contribution in [0, 0.1) is 6.92 Å². The Kier molecular flexibility index (Phi) is 5.28. The first-order valence-electron chi connectivity index (χ1n) is 10.3. The SMILES string of the molecule is Cc1ccc(-n2cnnn2)cc1NC(=O)N1CCC(c2nc(-c3ccccn3)no2)CC1. The highest BCUT2D eigenvalue weighted by Gasteiger charge is 2.28. The minimum atomic E-state index is -0.139. The number of likely N-dealkylation sites (tertiary alicyclic amines) is 1. The van der Waals surface area contributed by atoms with Crippen LogP contribution in [-0.4, -0.2) is 59.4 Å². The molecule has 32 heavy (non-hydrogen) atoms. The van der Waals surface area contributed by atoms with Gasteiger partial charge >= 0.3 is 6.03 Å². The summed E-state index contributed by atoms with van der Waals surface area (Å²) >= 11 is 0. The molecule has 0 atom stereocenters. The standard InChI is InChI=1S/C21H21N9O2/c1-14-5-6-16(30-13-23-27-28-30)12-18(14)24-21(31)29-10-7-15(8-11-29)20-25-19(26-32-20)17-4-2-3-9-22-17/h2-6,9,12-13,15H,7-8,10-11H2,1H3,(H,24,31). The summed E-state index contributed by atoms with van der Waals surface area (Å²) in [7, 11) is 0. The van der Waals surface area contributed by atoms with E-state index in [1.807, 2.05) is 43.3 Å². The molecule has 1 saturated heterocycles. The zero-order valence-corrected chi connectivity index (χ0v) is 17.4. The molecule has 5 rings (SSSR count). The lowest BCUT2D eigenvalue weighted by atomic mass is 9.97. The smallest absolute Gasteiger partial charge is 0.321 e. The molecular weight excluding hydrogens is 410 g/mol. The van der Waals surface area contributed by atoms with Gasteiger partial charge in [-0.05, 0) is 60.0 Å². The molecule has 1 fully saturated rings. The van der Waals surface area contributed by atoms with Crippen LogP contribution >= 0.6 is 0 Å². The third kappa shape index (κ3) is 4.04. The first kappa shape index (κ1) is 19.8. The van der Waals surface area contributed by atoms with Gasteiger partial charge in [-0.3, -0.25) is 4.98 Å². The summed E-state index contributed by atoms with van der Waals surface area (Å²) in [4.78, 5) is 23.4. The molecule has 0 unspecified atom stereocenters. The van der Waals surface area contributed by atoms with E-state index in [2.05, 4.69) is 36.0 Å². The van der Waals surface area contributed by atoms with Crippen molar-refractivity contribution in [2.24, 2.45) is 0 Å². The van der Waals surface area contributed by atoms with Crippen LogP contribution in [0.25, 0.3) is 17.2 Å². The van der Waals surface area contributed by atoms with Gasteiger partial charge in [0.05, 0.1) is 5.69 Å². The number of nitrogens with zero attached hydrogens (tertiary/aromatic N) is 8. The minimum Gasteiger partial charge on any atom is -0.339 e. The van der Waals surface area contributed by atoms with Crippen LogP contribution in [0.5, 0.6) is 0 Å². The van der Waals surface area contributed by atoms with Gasteiger partial charge in [-0.2, -0.15) is 4.98 Å². The number of carbonyl (C=O) groups excluding carboxylic acids is 1. The van der Waals surface area contributed by atoms with Gasteiger partial charge in [0.25, 0.3) is 0 Å². The Hall–Kier alpha value is -4.15. The van der Waals surface area contributed by atoms with Crippen LogP contribution in [0.2, 0.25) is 0 Å². The lowest BCUT2D eigenvalue weighted by Gasteiger charge is -2.30. The van der Waals surface area contributed by atoms with E-state index in [0.29, 0.717) is 30.5 Å². The maximum atomic E-state index is 12.9. The summed E-state index contributed by atoms with van der Waals surface area (Å²) in [5.41, 5.74) is 3.13. The fourth-order valence-electron chi connectivity index (χ4n) is 3.69. The van der Waals surface area contributed by atoms with Crippen molar-refractivity contribution in [3.05, 3.63) is 60.4 Å². The van der Waals surface area contributed by atoms with Crippen LogP contribution in [0.3, 0.4) is 0 Å². The monoisotopic (exact) mass is 431 g/mol. The molecule has 2 amide bonds. The number of urea groups is 1. The molecule has 4 aromatic rings. The minimum absolute atomic E-state index is 0.119. The number of carbonyl (C=O) groups is 1. The van der Waals surface area contributed by atoms with Gasteiger partial charge < -0.3 is 14.7 Å². The summed E-state index contributed by atoms with van der Waals surface area (Å²) in [6.45, 7) is 3.15. The lowest BCUT2D eigenvalue weighted by molar-refractivity contribution is 0.187. The number of aryl methyl sites for hydroxylation is 1. The second-order valence-electron chi connectivity index (χ2n) is 7.62.